The van der Waals surface area contributed by atoms with Crippen LogP contribution in [-0.2, 0) is 0 Å². The molecule has 0 radical (unpaired) electrons. The molecule has 1 rings (SSSR count). The highest BCUT2D eigenvalue weighted by Crippen LogP contribution is 2.23. The van der Waals surface area contributed by atoms with Gasteiger partial charge in [-0.2, -0.15) is 0 Å². The average molecular weight is 285 g/mol. The molecule has 0 fully saturated rings. The molecule has 0 aromatic heterocycles. The molecule has 0 spiro atoms. The number of halogens is 1. The predicted octanol–water partition coefficient (Wildman–Crippen LogP) is 3.45. The Morgan fingerprint density at radius 3 is 2.68 bits per heavy atom. The lowest BCUT2D eigenvalue weighted by Gasteiger charge is -2.28. The van der Waals surface area contributed by atoms with Gasteiger partial charge in [0.1, 0.15) is 5.82 Å². The number of nitrogens with one attached hydrogen (secondary N) is 1. The molecule has 0 amide bonds. The molecule has 108 valence electrons. The van der Waals surface area contributed by atoms with Crippen molar-refractivity contribution >= 4 is 11.8 Å². The van der Waals surface area contributed by atoms with Gasteiger partial charge in [-0.3, -0.25) is 0 Å². The van der Waals surface area contributed by atoms with E-state index in [1.165, 1.54) is 6.07 Å². The molecule has 0 aliphatic carbocycles. The molecule has 1 aromatic carbocycles. The number of thioether (sulfide) groups is 1. The van der Waals surface area contributed by atoms with Crippen LogP contribution < -0.4 is 5.32 Å². The van der Waals surface area contributed by atoms with Crippen LogP contribution >= 0.6 is 11.8 Å². The third-order valence-electron chi connectivity index (χ3n) is 3.17. The predicted molar refractivity (Wildman–Crippen MR) is 80.1 cm³/mol. The van der Waals surface area contributed by atoms with Crippen molar-refractivity contribution in [1.29, 1.82) is 0 Å². The Balaban J connectivity index is 2.23. The third-order valence-corrected chi connectivity index (χ3v) is 4.30. The standard InChI is InChI=1S/C15H24FNOS/c1-3-17-15(2,12-18)10-6-7-11-19-14-9-5-4-8-13(14)16/h4-5,8-9,17-18H,3,6-7,10-12H2,1-2H3. The van der Waals surface area contributed by atoms with E-state index < -0.39 is 0 Å². The highest BCUT2D eigenvalue weighted by Gasteiger charge is 2.20. The monoisotopic (exact) mass is 285 g/mol. The number of benzene rings is 1. The quantitative estimate of drug-likeness (QED) is 0.538. The van der Waals surface area contributed by atoms with Crippen molar-refractivity contribution in [2.24, 2.45) is 0 Å². The van der Waals surface area contributed by atoms with Crippen LogP contribution in [0.3, 0.4) is 0 Å². The van der Waals surface area contributed by atoms with Crippen molar-refractivity contribution in [1.82, 2.24) is 5.32 Å². The first-order valence-corrected chi connectivity index (χ1v) is 7.83. The molecule has 19 heavy (non-hydrogen) atoms. The summed E-state index contributed by atoms with van der Waals surface area (Å²) in [5.41, 5.74) is -0.183. The second-order valence-electron chi connectivity index (χ2n) is 4.99. The zero-order valence-corrected chi connectivity index (χ0v) is 12.6. The summed E-state index contributed by atoms with van der Waals surface area (Å²) in [6, 6.07) is 6.88. The molecule has 1 aromatic rings. The largest absolute Gasteiger partial charge is 0.394 e. The van der Waals surface area contributed by atoms with Crippen LogP contribution in [0.1, 0.15) is 33.1 Å². The van der Waals surface area contributed by atoms with Crippen LogP contribution in [0.4, 0.5) is 4.39 Å². The number of likely N-dealkylation sites (N-methyl/N-ethyl adjacent to an activating group) is 1. The Morgan fingerprint density at radius 1 is 1.32 bits per heavy atom. The number of unbranched alkanes of at least 4 members (excludes halogenated alkanes) is 1. The molecule has 0 saturated heterocycles. The third kappa shape index (κ3) is 5.93. The lowest BCUT2D eigenvalue weighted by atomic mass is 9.96. The van der Waals surface area contributed by atoms with Gasteiger partial charge in [0.2, 0.25) is 0 Å². The van der Waals surface area contributed by atoms with Gasteiger partial charge in [-0.15, -0.1) is 11.8 Å². The topological polar surface area (TPSA) is 32.3 Å². The Labute approximate surface area is 119 Å². The van der Waals surface area contributed by atoms with E-state index in [9.17, 15) is 9.50 Å². The SMILES string of the molecule is CCNC(C)(CO)CCCCSc1ccccc1F. The highest BCUT2D eigenvalue weighted by molar-refractivity contribution is 7.99. The number of rotatable bonds is 9. The zero-order chi connectivity index (χ0) is 14.1. The fourth-order valence-corrected chi connectivity index (χ4v) is 2.96. The molecular weight excluding hydrogens is 261 g/mol. The maximum absolute atomic E-state index is 13.4. The summed E-state index contributed by atoms with van der Waals surface area (Å²) in [5.74, 6) is 0.773. The lowest BCUT2D eigenvalue weighted by molar-refractivity contribution is 0.165. The van der Waals surface area contributed by atoms with E-state index in [0.29, 0.717) is 0 Å². The van der Waals surface area contributed by atoms with Crippen molar-refractivity contribution in [3.63, 3.8) is 0 Å². The molecule has 0 aliphatic rings. The number of hydrogen-bond acceptors (Lipinski definition) is 3. The summed E-state index contributed by atoms with van der Waals surface area (Å²) in [5, 5.41) is 12.7. The maximum Gasteiger partial charge on any atom is 0.136 e. The van der Waals surface area contributed by atoms with Gasteiger partial charge in [0.15, 0.2) is 0 Å². The second-order valence-corrected chi connectivity index (χ2v) is 6.12. The molecule has 4 heteroatoms. The summed E-state index contributed by atoms with van der Waals surface area (Å²) in [6.07, 6.45) is 3.00. The average Bonchev–Trinajstić information content (AvgIpc) is 2.41. The van der Waals surface area contributed by atoms with Crippen molar-refractivity contribution in [3.8, 4) is 0 Å². The Morgan fingerprint density at radius 2 is 2.05 bits per heavy atom. The van der Waals surface area contributed by atoms with Crippen LogP contribution in [0.15, 0.2) is 29.2 Å². The first kappa shape index (κ1) is 16.5. The van der Waals surface area contributed by atoms with E-state index >= 15 is 0 Å². The van der Waals surface area contributed by atoms with E-state index in [2.05, 4.69) is 5.32 Å². The molecular formula is C15H24FNOS. The van der Waals surface area contributed by atoms with E-state index in [1.54, 1.807) is 17.8 Å². The van der Waals surface area contributed by atoms with E-state index in [0.717, 1.165) is 36.5 Å². The van der Waals surface area contributed by atoms with E-state index in [4.69, 9.17) is 0 Å². The minimum Gasteiger partial charge on any atom is -0.394 e. The summed E-state index contributed by atoms with van der Waals surface area (Å²) in [4.78, 5) is 0.721. The molecule has 0 saturated carbocycles. The van der Waals surface area contributed by atoms with Gasteiger partial charge in [0.05, 0.1) is 6.61 Å². The lowest BCUT2D eigenvalue weighted by Crippen LogP contribution is -2.45. The number of aliphatic hydroxyl groups is 1. The molecule has 0 aliphatic heterocycles. The van der Waals surface area contributed by atoms with Gasteiger partial charge in [-0.05, 0) is 44.2 Å². The smallest absolute Gasteiger partial charge is 0.136 e. The Hall–Kier alpha value is -0.580. The maximum atomic E-state index is 13.4. The van der Waals surface area contributed by atoms with Gasteiger partial charge in [-0.25, -0.2) is 4.39 Å². The summed E-state index contributed by atoms with van der Waals surface area (Å²) < 4.78 is 13.4. The van der Waals surface area contributed by atoms with Gasteiger partial charge in [0.25, 0.3) is 0 Å². The zero-order valence-electron chi connectivity index (χ0n) is 11.8. The molecule has 1 unspecified atom stereocenters. The Bertz CT molecular complexity index is 375. The highest BCUT2D eigenvalue weighted by atomic mass is 32.2. The Kier molecular flexibility index (Phi) is 7.42. The fraction of sp³-hybridized carbons (Fsp3) is 0.600. The van der Waals surface area contributed by atoms with Gasteiger partial charge >= 0.3 is 0 Å². The van der Waals surface area contributed by atoms with E-state index in [-0.39, 0.29) is 18.0 Å². The van der Waals surface area contributed by atoms with Crippen molar-refractivity contribution < 1.29 is 9.50 Å². The second kappa shape index (κ2) is 8.56. The number of aliphatic hydroxyl groups excluding tert-OH is 1. The van der Waals surface area contributed by atoms with Crippen LogP contribution in [0, 0.1) is 5.82 Å². The molecule has 0 bridgehead atoms. The summed E-state index contributed by atoms with van der Waals surface area (Å²) in [6.45, 7) is 5.10. The first-order valence-electron chi connectivity index (χ1n) is 6.84. The van der Waals surface area contributed by atoms with Gasteiger partial charge < -0.3 is 10.4 Å². The first-order chi connectivity index (χ1) is 9.11. The number of hydrogen-bond donors (Lipinski definition) is 2. The molecule has 2 nitrogen and oxygen atoms in total. The normalized spacial score (nSPS) is 14.3. The molecule has 0 heterocycles. The fourth-order valence-electron chi connectivity index (χ4n) is 2.01. The minimum atomic E-state index is -0.183. The van der Waals surface area contributed by atoms with Gasteiger partial charge in [0, 0.05) is 10.4 Å². The van der Waals surface area contributed by atoms with Gasteiger partial charge in [-0.1, -0.05) is 25.5 Å². The minimum absolute atomic E-state index is 0.139. The summed E-state index contributed by atoms with van der Waals surface area (Å²) >= 11 is 1.56. The summed E-state index contributed by atoms with van der Waals surface area (Å²) in [7, 11) is 0. The van der Waals surface area contributed by atoms with Crippen LogP contribution in [0.5, 0.6) is 0 Å². The van der Waals surface area contributed by atoms with Crippen LogP contribution in [0.2, 0.25) is 0 Å². The molecule has 2 N–H and O–H groups in total. The van der Waals surface area contributed by atoms with Crippen LogP contribution in [0.25, 0.3) is 0 Å². The molecule has 1 atom stereocenters. The van der Waals surface area contributed by atoms with Crippen molar-refractivity contribution in [3.05, 3.63) is 30.1 Å². The van der Waals surface area contributed by atoms with E-state index in [1.807, 2.05) is 26.0 Å². The van der Waals surface area contributed by atoms with Crippen molar-refractivity contribution in [2.45, 2.75) is 43.5 Å². The van der Waals surface area contributed by atoms with Crippen LogP contribution in [-0.4, -0.2) is 29.5 Å². The van der Waals surface area contributed by atoms with Crippen molar-refractivity contribution in [2.75, 3.05) is 18.9 Å².